The number of hydrogen-bond acceptors (Lipinski definition) is 4. The fourth-order valence-electron chi connectivity index (χ4n) is 3.03. The number of aromatic nitrogens is 2. The van der Waals surface area contributed by atoms with Gasteiger partial charge in [0.1, 0.15) is 5.82 Å². The molecule has 1 aliphatic rings. The quantitative estimate of drug-likeness (QED) is 0.378. The first-order valence-corrected chi connectivity index (χ1v) is 9.34. The number of piperidine rings is 1. The van der Waals surface area contributed by atoms with Crippen LogP contribution in [-0.2, 0) is 13.0 Å². The van der Waals surface area contributed by atoms with Gasteiger partial charge in [0.25, 0.3) is 0 Å². The molecule has 6 nitrogen and oxygen atoms in total. The van der Waals surface area contributed by atoms with Gasteiger partial charge in [-0.3, -0.25) is 4.98 Å². The Balaban J connectivity index is 0.00000261. The highest BCUT2D eigenvalue weighted by molar-refractivity contribution is 14.0. The van der Waals surface area contributed by atoms with Crippen molar-refractivity contribution >= 4 is 35.8 Å². The molecule has 0 saturated carbocycles. The van der Waals surface area contributed by atoms with Crippen LogP contribution in [0.5, 0.6) is 0 Å². The molecule has 0 radical (unpaired) electrons. The van der Waals surface area contributed by atoms with Crippen molar-refractivity contribution in [3.63, 3.8) is 0 Å². The summed E-state index contributed by atoms with van der Waals surface area (Å²) in [5.74, 6) is 2.34. The van der Waals surface area contributed by atoms with Crippen molar-refractivity contribution < 1.29 is 0 Å². The summed E-state index contributed by atoms with van der Waals surface area (Å²) in [6, 6.07) is 10.1. The van der Waals surface area contributed by atoms with Gasteiger partial charge in [0.2, 0.25) is 0 Å². The SMILES string of the molecule is CC1CCN(c2ccc(CN=C(N)NCCc3ccccn3)cn2)CC1.I. The van der Waals surface area contributed by atoms with Gasteiger partial charge in [-0.1, -0.05) is 19.1 Å². The van der Waals surface area contributed by atoms with Crippen LogP contribution in [-0.4, -0.2) is 35.6 Å². The van der Waals surface area contributed by atoms with E-state index in [2.05, 4.69) is 44.2 Å². The molecule has 0 amide bonds. The molecule has 2 aromatic heterocycles. The molecule has 0 spiro atoms. The topological polar surface area (TPSA) is 79.4 Å². The number of aliphatic imine (C=N–C) groups is 1. The highest BCUT2D eigenvalue weighted by atomic mass is 127. The Morgan fingerprint density at radius 2 is 2.04 bits per heavy atom. The maximum Gasteiger partial charge on any atom is 0.188 e. The minimum Gasteiger partial charge on any atom is -0.370 e. The van der Waals surface area contributed by atoms with E-state index in [1.165, 1.54) is 12.8 Å². The van der Waals surface area contributed by atoms with E-state index in [0.29, 0.717) is 12.5 Å². The number of guanidine groups is 1. The molecule has 0 atom stereocenters. The minimum absolute atomic E-state index is 0. The molecule has 1 aliphatic heterocycles. The average molecular weight is 480 g/mol. The van der Waals surface area contributed by atoms with E-state index >= 15 is 0 Å². The van der Waals surface area contributed by atoms with Crippen LogP contribution in [0.2, 0.25) is 0 Å². The summed E-state index contributed by atoms with van der Waals surface area (Å²) < 4.78 is 0. The molecule has 0 bridgehead atoms. The Labute approximate surface area is 178 Å². The van der Waals surface area contributed by atoms with Crippen molar-refractivity contribution in [2.75, 3.05) is 24.5 Å². The second-order valence-electron chi connectivity index (χ2n) is 6.89. The molecular formula is C20H29IN6. The van der Waals surface area contributed by atoms with Crippen molar-refractivity contribution in [3.05, 3.63) is 54.0 Å². The zero-order valence-corrected chi connectivity index (χ0v) is 18.2. The third kappa shape index (κ3) is 6.97. The highest BCUT2D eigenvalue weighted by Gasteiger charge is 2.16. The van der Waals surface area contributed by atoms with Gasteiger partial charge in [-0.25, -0.2) is 9.98 Å². The summed E-state index contributed by atoms with van der Waals surface area (Å²) in [6.07, 6.45) is 7.01. The summed E-state index contributed by atoms with van der Waals surface area (Å²) in [5.41, 5.74) is 8.04. The molecule has 0 aliphatic carbocycles. The lowest BCUT2D eigenvalue weighted by Gasteiger charge is -2.31. The largest absolute Gasteiger partial charge is 0.370 e. The van der Waals surface area contributed by atoms with Gasteiger partial charge in [-0.15, -0.1) is 24.0 Å². The number of pyridine rings is 2. The van der Waals surface area contributed by atoms with Crippen LogP contribution in [0, 0.1) is 5.92 Å². The van der Waals surface area contributed by atoms with Crippen LogP contribution in [0.1, 0.15) is 31.0 Å². The van der Waals surface area contributed by atoms with Gasteiger partial charge in [-0.2, -0.15) is 0 Å². The Bertz CT molecular complexity index is 696. The van der Waals surface area contributed by atoms with Crippen LogP contribution in [0.4, 0.5) is 5.82 Å². The lowest BCUT2D eigenvalue weighted by molar-refractivity contribution is 0.436. The number of halogens is 1. The minimum atomic E-state index is 0. The second-order valence-corrected chi connectivity index (χ2v) is 6.89. The van der Waals surface area contributed by atoms with E-state index in [-0.39, 0.29) is 24.0 Å². The van der Waals surface area contributed by atoms with E-state index < -0.39 is 0 Å². The first-order chi connectivity index (χ1) is 12.7. The molecular weight excluding hydrogens is 451 g/mol. The Kier molecular flexibility index (Phi) is 8.77. The predicted octanol–water partition coefficient (Wildman–Crippen LogP) is 2.98. The first kappa shape index (κ1) is 21.4. The lowest BCUT2D eigenvalue weighted by Crippen LogP contribution is -2.33. The third-order valence-corrected chi connectivity index (χ3v) is 4.76. The second kappa shape index (κ2) is 11.1. The number of nitrogens with one attached hydrogen (secondary N) is 1. The molecule has 3 rings (SSSR count). The van der Waals surface area contributed by atoms with E-state index in [4.69, 9.17) is 5.73 Å². The summed E-state index contributed by atoms with van der Waals surface area (Å²) in [4.78, 5) is 15.6. The van der Waals surface area contributed by atoms with Crippen molar-refractivity contribution in [1.29, 1.82) is 0 Å². The predicted molar refractivity (Wildman–Crippen MR) is 122 cm³/mol. The van der Waals surface area contributed by atoms with Gasteiger partial charge in [-0.05, 0) is 42.5 Å². The van der Waals surface area contributed by atoms with E-state index in [0.717, 1.165) is 49.0 Å². The normalized spacial score (nSPS) is 15.3. The zero-order valence-electron chi connectivity index (χ0n) is 15.8. The highest BCUT2D eigenvalue weighted by Crippen LogP contribution is 2.21. The summed E-state index contributed by atoms with van der Waals surface area (Å²) in [6.45, 7) is 5.77. The van der Waals surface area contributed by atoms with Gasteiger partial charge in [0.05, 0.1) is 6.54 Å². The Morgan fingerprint density at radius 3 is 2.70 bits per heavy atom. The smallest absolute Gasteiger partial charge is 0.188 e. The number of nitrogens with zero attached hydrogens (tertiary/aromatic N) is 4. The summed E-state index contributed by atoms with van der Waals surface area (Å²) >= 11 is 0. The van der Waals surface area contributed by atoms with Crippen molar-refractivity contribution in [2.24, 2.45) is 16.6 Å². The van der Waals surface area contributed by atoms with Crippen molar-refractivity contribution in [2.45, 2.75) is 32.7 Å². The average Bonchev–Trinajstić information content (AvgIpc) is 2.68. The van der Waals surface area contributed by atoms with Crippen LogP contribution in [0.15, 0.2) is 47.7 Å². The van der Waals surface area contributed by atoms with Gasteiger partial charge >= 0.3 is 0 Å². The molecule has 27 heavy (non-hydrogen) atoms. The first-order valence-electron chi connectivity index (χ1n) is 9.34. The maximum absolute atomic E-state index is 5.94. The Morgan fingerprint density at radius 1 is 1.22 bits per heavy atom. The number of hydrogen-bond donors (Lipinski definition) is 2. The molecule has 146 valence electrons. The van der Waals surface area contributed by atoms with Gasteiger partial charge < -0.3 is 16.0 Å². The van der Waals surface area contributed by atoms with Gasteiger partial charge in [0.15, 0.2) is 5.96 Å². The fraction of sp³-hybridized carbons (Fsp3) is 0.450. The monoisotopic (exact) mass is 480 g/mol. The molecule has 3 heterocycles. The molecule has 0 aromatic carbocycles. The van der Waals surface area contributed by atoms with Gasteiger partial charge in [0, 0.05) is 44.1 Å². The number of rotatable bonds is 6. The molecule has 1 saturated heterocycles. The lowest BCUT2D eigenvalue weighted by atomic mass is 9.99. The molecule has 7 heteroatoms. The third-order valence-electron chi connectivity index (χ3n) is 4.76. The van der Waals surface area contributed by atoms with Crippen molar-refractivity contribution in [3.8, 4) is 0 Å². The van der Waals surface area contributed by atoms with Crippen LogP contribution in [0.3, 0.4) is 0 Å². The standard InChI is InChI=1S/C20H28N6.HI/c1-16-8-12-26(13-9-16)19-6-5-17(14-24-19)15-25-20(21)23-11-7-18-4-2-3-10-22-18;/h2-6,10,14,16H,7-9,11-13,15H2,1H3,(H3,21,23,25);1H. The van der Waals surface area contributed by atoms with Crippen LogP contribution < -0.4 is 16.0 Å². The molecule has 2 aromatic rings. The van der Waals surface area contributed by atoms with E-state index in [1.54, 1.807) is 6.20 Å². The molecule has 1 fully saturated rings. The fourth-order valence-corrected chi connectivity index (χ4v) is 3.03. The van der Waals surface area contributed by atoms with Crippen LogP contribution in [0.25, 0.3) is 0 Å². The summed E-state index contributed by atoms with van der Waals surface area (Å²) in [5, 5.41) is 3.13. The van der Waals surface area contributed by atoms with Crippen molar-refractivity contribution in [1.82, 2.24) is 15.3 Å². The van der Waals surface area contributed by atoms with E-state index in [1.807, 2.05) is 24.4 Å². The van der Waals surface area contributed by atoms with E-state index in [9.17, 15) is 0 Å². The Hall–Kier alpha value is -1.90. The molecule has 3 N–H and O–H groups in total. The van der Waals surface area contributed by atoms with Crippen LogP contribution >= 0.6 is 24.0 Å². The molecule has 0 unspecified atom stereocenters. The summed E-state index contributed by atoms with van der Waals surface area (Å²) in [7, 11) is 0. The number of anilines is 1. The number of nitrogens with two attached hydrogens (primary N) is 1. The zero-order chi connectivity index (χ0) is 18.2. The maximum atomic E-state index is 5.94.